The van der Waals surface area contributed by atoms with Gasteiger partial charge in [-0.25, -0.2) is 0 Å². The zero-order valence-corrected chi connectivity index (χ0v) is 3.46. The molecule has 0 aliphatic rings. The van der Waals surface area contributed by atoms with Gasteiger partial charge < -0.3 is 16.4 Å². The summed E-state index contributed by atoms with van der Waals surface area (Å²) in [6.45, 7) is 0. The van der Waals surface area contributed by atoms with Crippen molar-refractivity contribution >= 4 is 0 Å². The van der Waals surface area contributed by atoms with E-state index in [4.69, 9.17) is 0 Å². The molecule has 0 unspecified atom stereocenters. The molecule has 0 spiro atoms. The number of hydrogen-bond donors (Lipinski definition) is 0. The van der Waals surface area contributed by atoms with Gasteiger partial charge in [-0.15, -0.1) is 0 Å². The van der Waals surface area contributed by atoms with Crippen LogP contribution in [0.3, 0.4) is 0 Å². The molecule has 0 aromatic rings. The van der Waals surface area contributed by atoms with E-state index < -0.39 is 0 Å². The van der Waals surface area contributed by atoms with Crippen molar-refractivity contribution in [1.29, 1.82) is 0 Å². The predicted molar refractivity (Wildman–Crippen MR) is 7.49 cm³/mol. The summed E-state index contributed by atoms with van der Waals surface area (Å²) in [5.74, 6) is 0. The van der Waals surface area contributed by atoms with E-state index in [2.05, 4.69) is 0 Å². The van der Waals surface area contributed by atoms with E-state index in [0.29, 0.717) is 0 Å². The molecule has 0 atom stereocenters. The molecular formula is H4O3Ti. The average molecular weight is 99.9 g/mol. The second kappa shape index (κ2) is 68.5. The van der Waals surface area contributed by atoms with Crippen LogP contribution >= 0.6 is 0 Å². The maximum atomic E-state index is 0. The second-order valence-corrected chi connectivity index (χ2v) is 0. The Balaban J connectivity index is 0. The minimum atomic E-state index is 0. The molecule has 0 aliphatic carbocycles. The van der Waals surface area contributed by atoms with Crippen molar-refractivity contribution in [2.24, 2.45) is 0 Å². The molecule has 0 heterocycles. The van der Waals surface area contributed by atoms with E-state index in [-0.39, 0.29) is 38.1 Å². The van der Waals surface area contributed by atoms with Gasteiger partial charge in [0.25, 0.3) is 0 Å². The summed E-state index contributed by atoms with van der Waals surface area (Å²) in [5.41, 5.74) is 0. The topological polar surface area (TPSA) is 91.5 Å². The van der Waals surface area contributed by atoms with Gasteiger partial charge in [0.1, 0.15) is 0 Å². The molecule has 0 bridgehead atoms. The van der Waals surface area contributed by atoms with Gasteiger partial charge in [-0.3, -0.25) is 0 Å². The predicted octanol–water partition coefficient (Wildman–Crippen LogP) is -1.18. The Morgan fingerprint density at radius 2 is 0.750 bits per heavy atom. The maximum Gasteiger partial charge on any atom is 2.00 e. The van der Waals surface area contributed by atoms with Gasteiger partial charge >= 0.3 is 21.7 Å². The van der Waals surface area contributed by atoms with Gasteiger partial charge in [0.05, 0.1) is 0 Å². The molecule has 0 aromatic carbocycles. The SMILES string of the molecule is O.[OH-].[OH-].[Ti+2]. The van der Waals surface area contributed by atoms with Gasteiger partial charge in [0.2, 0.25) is 0 Å². The van der Waals surface area contributed by atoms with Crippen LogP contribution in [-0.2, 0) is 21.7 Å². The molecule has 0 saturated carbocycles. The van der Waals surface area contributed by atoms with Crippen LogP contribution in [0, 0.1) is 0 Å². The van der Waals surface area contributed by atoms with Crippen molar-refractivity contribution in [1.82, 2.24) is 0 Å². The molecule has 4 N–H and O–H groups in total. The van der Waals surface area contributed by atoms with E-state index in [9.17, 15) is 0 Å². The van der Waals surface area contributed by atoms with Gasteiger partial charge in [-0.1, -0.05) is 0 Å². The third-order valence-electron chi connectivity index (χ3n) is 0. The molecule has 0 fully saturated rings. The Kier molecular flexibility index (Phi) is 2880. The van der Waals surface area contributed by atoms with Crippen molar-refractivity contribution in [2.75, 3.05) is 0 Å². The molecule has 4 heteroatoms. The van der Waals surface area contributed by atoms with Crippen molar-refractivity contribution in [3.8, 4) is 0 Å². The Morgan fingerprint density at radius 1 is 0.750 bits per heavy atom. The Bertz CT molecular complexity index is 3.25. The minimum absolute atomic E-state index is 0. The normalized spacial score (nSPS) is 0. The fourth-order valence-corrected chi connectivity index (χ4v) is 0. The first kappa shape index (κ1) is 168. The smallest absolute Gasteiger partial charge is 0.870 e. The summed E-state index contributed by atoms with van der Waals surface area (Å²) in [6, 6.07) is 0. The van der Waals surface area contributed by atoms with Crippen LogP contribution in [0.4, 0.5) is 0 Å². The third-order valence-corrected chi connectivity index (χ3v) is 0. The van der Waals surface area contributed by atoms with Crippen LogP contribution in [-0.4, -0.2) is 16.4 Å². The Morgan fingerprint density at radius 3 is 0.750 bits per heavy atom. The minimum Gasteiger partial charge on any atom is -0.870 e. The zero-order chi connectivity index (χ0) is 0. The van der Waals surface area contributed by atoms with Gasteiger partial charge in [-0.2, -0.15) is 0 Å². The average Bonchev–Trinajstić information content (AvgIpc) is 0. The summed E-state index contributed by atoms with van der Waals surface area (Å²) < 4.78 is 0. The van der Waals surface area contributed by atoms with Gasteiger partial charge in [-0.05, 0) is 0 Å². The Hall–Kier alpha value is 0.594. The second-order valence-electron chi connectivity index (χ2n) is 0. The van der Waals surface area contributed by atoms with E-state index in [1.807, 2.05) is 0 Å². The zero-order valence-electron chi connectivity index (χ0n) is 1.89. The van der Waals surface area contributed by atoms with Gasteiger partial charge in [0, 0.05) is 0 Å². The van der Waals surface area contributed by atoms with Crippen LogP contribution in [0.5, 0.6) is 0 Å². The summed E-state index contributed by atoms with van der Waals surface area (Å²) >= 11 is 0. The molecule has 0 radical (unpaired) electrons. The Labute approximate surface area is 38.8 Å². The quantitative estimate of drug-likeness (QED) is 0.358. The molecule has 3 nitrogen and oxygen atoms in total. The number of hydrogen-bond acceptors (Lipinski definition) is 2. The van der Waals surface area contributed by atoms with E-state index in [0.717, 1.165) is 0 Å². The van der Waals surface area contributed by atoms with E-state index in [1.165, 1.54) is 0 Å². The first-order chi connectivity index (χ1) is 0. The summed E-state index contributed by atoms with van der Waals surface area (Å²) in [7, 11) is 0. The fraction of sp³-hybridized carbons (Fsp3) is 0. The van der Waals surface area contributed by atoms with Crippen LogP contribution < -0.4 is 0 Å². The molecule has 4 heavy (non-hydrogen) atoms. The molecule has 0 rings (SSSR count). The number of rotatable bonds is 0. The maximum absolute atomic E-state index is 0. The van der Waals surface area contributed by atoms with E-state index >= 15 is 0 Å². The monoisotopic (exact) mass is 100.0 g/mol. The van der Waals surface area contributed by atoms with Crippen LogP contribution in [0.25, 0.3) is 0 Å². The first-order valence-electron chi connectivity index (χ1n) is 0. The van der Waals surface area contributed by atoms with Gasteiger partial charge in [0.15, 0.2) is 0 Å². The first-order valence-corrected chi connectivity index (χ1v) is 0. The van der Waals surface area contributed by atoms with Crippen molar-refractivity contribution in [3.05, 3.63) is 0 Å². The van der Waals surface area contributed by atoms with Crippen molar-refractivity contribution < 1.29 is 38.1 Å². The van der Waals surface area contributed by atoms with Crippen LogP contribution in [0.2, 0.25) is 0 Å². The summed E-state index contributed by atoms with van der Waals surface area (Å²) in [5, 5.41) is 0. The summed E-state index contributed by atoms with van der Waals surface area (Å²) in [4.78, 5) is 0. The molecule has 0 saturated heterocycles. The fourth-order valence-electron chi connectivity index (χ4n) is 0. The molecule has 0 aromatic heterocycles. The molecule has 26 valence electrons. The van der Waals surface area contributed by atoms with Crippen LogP contribution in [0.1, 0.15) is 0 Å². The standard InChI is InChI=1S/3H2O.Ti/h3*1H2;/q;;;+2/p-2. The van der Waals surface area contributed by atoms with E-state index in [1.54, 1.807) is 0 Å². The van der Waals surface area contributed by atoms with Crippen molar-refractivity contribution in [2.45, 2.75) is 0 Å². The molecule has 0 aliphatic heterocycles. The third kappa shape index (κ3) is 18.7. The van der Waals surface area contributed by atoms with Crippen molar-refractivity contribution in [3.63, 3.8) is 0 Å². The molecule has 0 amide bonds. The van der Waals surface area contributed by atoms with Crippen LogP contribution in [0.15, 0.2) is 0 Å². The largest absolute Gasteiger partial charge is 2.00 e. The summed E-state index contributed by atoms with van der Waals surface area (Å²) in [6.07, 6.45) is 0. The molecular weight excluding hydrogens is 95.9 g/mol.